The summed E-state index contributed by atoms with van der Waals surface area (Å²) in [4.78, 5) is 12.5. The number of likely N-dealkylation sites (N-methyl/N-ethyl adjacent to an activating group) is 1. The Labute approximate surface area is 113 Å². The molecule has 0 aliphatic heterocycles. The van der Waals surface area contributed by atoms with Crippen molar-refractivity contribution < 1.29 is 4.92 Å². The van der Waals surface area contributed by atoms with Crippen LogP contribution in [0.5, 0.6) is 0 Å². The summed E-state index contributed by atoms with van der Waals surface area (Å²) in [6.45, 7) is 5.74. The van der Waals surface area contributed by atoms with Crippen LogP contribution in [0, 0.1) is 10.1 Å². The minimum Gasteiger partial charge on any atom is -0.346 e. The number of benzene rings is 1. The van der Waals surface area contributed by atoms with Gasteiger partial charge in [0, 0.05) is 36.8 Å². The second-order valence-corrected chi connectivity index (χ2v) is 4.31. The quantitative estimate of drug-likeness (QED) is 0.629. The van der Waals surface area contributed by atoms with E-state index in [1.54, 1.807) is 18.2 Å². The minimum atomic E-state index is -0.358. The van der Waals surface area contributed by atoms with Crippen molar-refractivity contribution in [2.45, 2.75) is 20.4 Å². The second-order valence-electron chi connectivity index (χ2n) is 4.31. The van der Waals surface area contributed by atoms with Crippen LogP contribution in [0.1, 0.15) is 13.8 Å². The Balaban J connectivity index is 0.000000861. The first-order valence-electron chi connectivity index (χ1n) is 6.46. The van der Waals surface area contributed by atoms with E-state index in [0.29, 0.717) is 0 Å². The molecule has 2 aromatic rings. The van der Waals surface area contributed by atoms with E-state index in [-0.39, 0.29) is 10.6 Å². The van der Waals surface area contributed by atoms with Gasteiger partial charge in [0.1, 0.15) is 0 Å². The van der Waals surface area contributed by atoms with Gasteiger partial charge in [0.05, 0.1) is 10.4 Å². The summed E-state index contributed by atoms with van der Waals surface area (Å²) in [7, 11) is 4.02. The van der Waals surface area contributed by atoms with Crippen LogP contribution >= 0.6 is 0 Å². The average molecular weight is 263 g/mol. The van der Waals surface area contributed by atoms with Crippen LogP contribution in [0.25, 0.3) is 10.9 Å². The van der Waals surface area contributed by atoms with Gasteiger partial charge in [-0.2, -0.15) is 0 Å². The third-order valence-corrected chi connectivity index (χ3v) is 2.76. The zero-order valence-electron chi connectivity index (χ0n) is 12.0. The fraction of sp³-hybridized carbons (Fsp3) is 0.429. The van der Waals surface area contributed by atoms with E-state index in [9.17, 15) is 10.1 Å². The Kier molecular flexibility index (Phi) is 5.51. The molecule has 0 bridgehead atoms. The van der Waals surface area contributed by atoms with E-state index in [1.165, 1.54) is 0 Å². The molecule has 0 spiro atoms. The van der Waals surface area contributed by atoms with Gasteiger partial charge < -0.3 is 9.47 Å². The van der Waals surface area contributed by atoms with Crippen LogP contribution in [0.3, 0.4) is 0 Å². The van der Waals surface area contributed by atoms with Crippen molar-refractivity contribution in [2.75, 3.05) is 20.6 Å². The fourth-order valence-electron chi connectivity index (χ4n) is 1.79. The monoisotopic (exact) mass is 263 g/mol. The SMILES string of the molecule is CC.CN(C)CCn1ccc2ccc([N+](=O)[O-])cc21. The first-order valence-corrected chi connectivity index (χ1v) is 6.46. The molecule has 2 rings (SSSR count). The van der Waals surface area contributed by atoms with Crippen molar-refractivity contribution in [1.29, 1.82) is 0 Å². The van der Waals surface area contributed by atoms with Gasteiger partial charge >= 0.3 is 0 Å². The Hall–Kier alpha value is -1.88. The molecule has 0 aliphatic carbocycles. The maximum absolute atomic E-state index is 10.7. The zero-order valence-corrected chi connectivity index (χ0v) is 12.0. The summed E-state index contributed by atoms with van der Waals surface area (Å²) in [6, 6.07) is 6.94. The van der Waals surface area contributed by atoms with Gasteiger partial charge in [0.25, 0.3) is 5.69 Å². The molecule has 1 aromatic carbocycles. The summed E-state index contributed by atoms with van der Waals surface area (Å²) in [5.41, 5.74) is 1.06. The molecule has 0 N–H and O–H groups in total. The maximum Gasteiger partial charge on any atom is 0.271 e. The largest absolute Gasteiger partial charge is 0.346 e. The summed E-state index contributed by atoms with van der Waals surface area (Å²) in [6.07, 6.45) is 1.97. The van der Waals surface area contributed by atoms with Crippen molar-refractivity contribution in [1.82, 2.24) is 9.47 Å². The third kappa shape index (κ3) is 3.79. The molecule has 0 radical (unpaired) electrons. The average Bonchev–Trinajstić information content (AvgIpc) is 2.80. The van der Waals surface area contributed by atoms with Gasteiger partial charge in [-0.15, -0.1) is 0 Å². The van der Waals surface area contributed by atoms with Gasteiger partial charge in [0.2, 0.25) is 0 Å². The van der Waals surface area contributed by atoms with Crippen molar-refractivity contribution in [3.63, 3.8) is 0 Å². The lowest BCUT2D eigenvalue weighted by atomic mass is 10.2. The molecule has 0 aliphatic rings. The summed E-state index contributed by atoms with van der Waals surface area (Å²) < 4.78 is 2.04. The molecule has 0 unspecified atom stereocenters. The van der Waals surface area contributed by atoms with E-state index in [0.717, 1.165) is 24.0 Å². The molecule has 104 valence electrons. The number of rotatable bonds is 4. The van der Waals surface area contributed by atoms with E-state index >= 15 is 0 Å². The lowest BCUT2D eigenvalue weighted by Crippen LogP contribution is -2.17. The molecule has 1 aromatic heterocycles. The van der Waals surface area contributed by atoms with Crippen LogP contribution in [0.4, 0.5) is 5.69 Å². The third-order valence-electron chi connectivity index (χ3n) is 2.76. The normalized spacial score (nSPS) is 10.4. The zero-order chi connectivity index (χ0) is 14.4. The number of hydrogen-bond donors (Lipinski definition) is 0. The number of hydrogen-bond acceptors (Lipinski definition) is 3. The molecular formula is C14H21N3O2. The van der Waals surface area contributed by atoms with Gasteiger partial charge in [0.15, 0.2) is 0 Å². The standard InChI is InChI=1S/C12H15N3O2.C2H6/c1-13(2)7-8-14-6-5-10-3-4-11(15(16)17)9-12(10)14;1-2/h3-6,9H,7-8H2,1-2H3;1-2H3. The van der Waals surface area contributed by atoms with Crippen molar-refractivity contribution in [3.05, 3.63) is 40.6 Å². The lowest BCUT2D eigenvalue weighted by molar-refractivity contribution is -0.384. The van der Waals surface area contributed by atoms with Crippen LogP contribution in [0.15, 0.2) is 30.5 Å². The van der Waals surface area contributed by atoms with Crippen LogP contribution < -0.4 is 0 Å². The Morgan fingerprint density at radius 3 is 2.53 bits per heavy atom. The number of nitrogens with zero attached hydrogens (tertiary/aromatic N) is 3. The first kappa shape index (κ1) is 15.2. The summed E-state index contributed by atoms with van der Waals surface area (Å²) >= 11 is 0. The molecular weight excluding hydrogens is 242 g/mol. The van der Waals surface area contributed by atoms with Crippen LogP contribution in [-0.4, -0.2) is 35.0 Å². The van der Waals surface area contributed by atoms with Gasteiger partial charge in [-0.05, 0) is 26.2 Å². The second kappa shape index (κ2) is 6.89. The predicted molar refractivity (Wildman–Crippen MR) is 78.5 cm³/mol. The van der Waals surface area contributed by atoms with Crippen molar-refractivity contribution >= 4 is 16.6 Å². The van der Waals surface area contributed by atoms with Gasteiger partial charge in [-0.1, -0.05) is 13.8 Å². The topological polar surface area (TPSA) is 51.3 Å². The van der Waals surface area contributed by atoms with Gasteiger partial charge in [-0.3, -0.25) is 10.1 Å². The van der Waals surface area contributed by atoms with E-state index < -0.39 is 0 Å². The van der Waals surface area contributed by atoms with E-state index in [2.05, 4.69) is 4.90 Å². The maximum atomic E-state index is 10.7. The summed E-state index contributed by atoms with van der Waals surface area (Å²) in [5, 5.41) is 11.8. The molecule has 0 amide bonds. The predicted octanol–water partition coefficient (Wildman–Crippen LogP) is 3.14. The highest BCUT2D eigenvalue weighted by Crippen LogP contribution is 2.21. The molecule has 1 heterocycles. The highest BCUT2D eigenvalue weighted by Gasteiger charge is 2.08. The minimum absolute atomic E-state index is 0.141. The lowest BCUT2D eigenvalue weighted by Gasteiger charge is -2.10. The molecule has 0 saturated carbocycles. The number of nitro groups is 1. The fourth-order valence-corrected chi connectivity index (χ4v) is 1.79. The molecule has 19 heavy (non-hydrogen) atoms. The van der Waals surface area contributed by atoms with Crippen LogP contribution in [0.2, 0.25) is 0 Å². The Bertz CT molecular complexity index is 547. The number of nitro benzene ring substituents is 1. The van der Waals surface area contributed by atoms with Crippen molar-refractivity contribution in [2.24, 2.45) is 0 Å². The van der Waals surface area contributed by atoms with Crippen LogP contribution in [-0.2, 0) is 6.54 Å². The molecule has 0 saturated heterocycles. The number of non-ortho nitro benzene ring substituents is 1. The number of aromatic nitrogens is 1. The highest BCUT2D eigenvalue weighted by atomic mass is 16.6. The molecule has 5 heteroatoms. The number of fused-ring (bicyclic) bond motifs is 1. The van der Waals surface area contributed by atoms with Crippen molar-refractivity contribution in [3.8, 4) is 0 Å². The first-order chi connectivity index (χ1) is 9.08. The van der Waals surface area contributed by atoms with E-state index in [1.807, 2.05) is 44.8 Å². The summed E-state index contributed by atoms with van der Waals surface area (Å²) in [5.74, 6) is 0. The van der Waals surface area contributed by atoms with E-state index in [4.69, 9.17) is 0 Å². The Morgan fingerprint density at radius 2 is 1.95 bits per heavy atom. The highest BCUT2D eigenvalue weighted by molar-refractivity contribution is 5.82. The molecule has 0 atom stereocenters. The Morgan fingerprint density at radius 1 is 1.26 bits per heavy atom. The smallest absolute Gasteiger partial charge is 0.271 e. The molecule has 5 nitrogen and oxygen atoms in total. The molecule has 0 fully saturated rings. The van der Waals surface area contributed by atoms with Gasteiger partial charge in [-0.25, -0.2) is 0 Å².